The molecule has 0 aliphatic rings. The number of nitrogens with zero attached hydrogens (tertiary/aromatic N) is 1. The van der Waals surface area contributed by atoms with E-state index in [4.69, 9.17) is 9.26 Å². The van der Waals surface area contributed by atoms with Gasteiger partial charge in [-0.1, -0.05) is 11.2 Å². The molecule has 2 aromatic rings. The highest BCUT2D eigenvalue weighted by atomic mass is 32.1. The first-order chi connectivity index (χ1) is 9.20. The average molecular weight is 280 g/mol. The van der Waals surface area contributed by atoms with Crippen molar-refractivity contribution in [3.8, 4) is 10.6 Å². The third-order valence-corrected chi connectivity index (χ3v) is 3.09. The van der Waals surface area contributed by atoms with Gasteiger partial charge in [0.2, 0.25) is 0 Å². The van der Waals surface area contributed by atoms with E-state index in [0.717, 1.165) is 4.88 Å². The topological polar surface area (TPSA) is 81.4 Å². The van der Waals surface area contributed by atoms with Crippen LogP contribution in [-0.4, -0.2) is 30.2 Å². The molecule has 0 aliphatic carbocycles. The molecule has 0 radical (unpaired) electrons. The molecule has 0 spiro atoms. The van der Waals surface area contributed by atoms with Crippen molar-refractivity contribution in [1.29, 1.82) is 0 Å². The summed E-state index contributed by atoms with van der Waals surface area (Å²) in [5.74, 6) is -0.436. The SMILES string of the molecule is CCOC(=O)CNC(=O)c1cc(-c2cccs2)on1. The van der Waals surface area contributed by atoms with Crippen LogP contribution >= 0.6 is 11.3 Å². The van der Waals surface area contributed by atoms with Crippen LogP contribution in [0.1, 0.15) is 17.4 Å². The van der Waals surface area contributed by atoms with E-state index in [0.29, 0.717) is 5.76 Å². The van der Waals surface area contributed by atoms with Crippen LogP contribution in [0.15, 0.2) is 28.1 Å². The molecule has 0 saturated carbocycles. The number of ether oxygens (including phenoxy) is 1. The maximum Gasteiger partial charge on any atom is 0.325 e. The summed E-state index contributed by atoms with van der Waals surface area (Å²) in [6.07, 6.45) is 0. The van der Waals surface area contributed by atoms with Crippen LogP contribution in [-0.2, 0) is 9.53 Å². The van der Waals surface area contributed by atoms with Crippen LogP contribution in [0.3, 0.4) is 0 Å². The molecular formula is C12H12N2O4S. The molecule has 0 fully saturated rings. The van der Waals surface area contributed by atoms with Gasteiger partial charge in [-0.2, -0.15) is 0 Å². The molecule has 1 amide bonds. The van der Waals surface area contributed by atoms with Crippen LogP contribution in [0.2, 0.25) is 0 Å². The number of rotatable bonds is 5. The van der Waals surface area contributed by atoms with E-state index in [1.165, 1.54) is 17.4 Å². The Morgan fingerprint density at radius 3 is 3.05 bits per heavy atom. The molecule has 2 heterocycles. The van der Waals surface area contributed by atoms with Crippen molar-refractivity contribution in [2.75, 3.05) is 13.2 Å². The van der Waals surface area contributed by atoms with E-state index < -0.39 is 11.9 Å². The summed E-state index contributed by atoms with van der Waals surface area (Å²) in [4.78, 5) is 23.7. The Balaban J connectivity index is 1.95. The predicted molar refractivity (Wildman–Crippen MR) is 68.8 cm³/mol. The van der Waals surface area contributed by atoms with Gasteiger partial charge < -0.3 is 14.6 Å². The Kier molecular flexibility index (Phi) is 4.30. The van der Waals surface area contributed by atoms with Crippen molar-refractivity contribution in [2.24, 2.45) is 0 Å². The lowest BCUT2D eigenvalue weighted by atomic mass is 10.3. The van der Waals surface area contributed by atoms with Crippen molar-refractivity contribution < 1.29 is 18.8 Å². The average Bonchev–Trinajstić information content (AvgIpc) is 3.06. The van der Waals surface area contributed by atoms with E-state index in [9.17, 15) is 9.59 Å². The van der Waals surface area contributed by atoms with Gasteiger partial charge in [0.15, 0.2) is 11.5 Å². The maximum absolute atomic E-state index is 11.7. The van der Waals surface area contributed by atoms with E-state index in [1.54, 1.807) is 6.92 Å². The lowest BCUT2D eigenvalue weighted by Crippen LogP contribution is -2.30. The summed E-state index contributed by atoms with van der Waals surface area (Å²) < 4.78 is 9.76. The van der Waals surface area contributed by atoms with E-state index in [2.05, 4.69) is 10.5 Å². The molecule has 100 valence electrons. The number of hydrogen-bond donors (Lipinski definition) is 1. The molecule has 0 bridgehead atoms. The van der Waals surface area contributed by atoms with Crippen molar-refractivity contribution in [3.63, 3.8) is 0 Å². The normalized spacial score (nSPS) is 10.2. The van der Waals surface area contributed by atoms with E-state index in [1.807, 2.05) is 17.5 Å². The molecule has 19 heavy (non-hydrogen) atoms. The number of hydrogen-bond acceptors (Lipinski definition) is 6. The second-order valence-corrected chi connectivity index (χ2v) is 4.49. The molecule has 6 nitrogen and oxygen atoms in total. The monoisotopic (exact) mass is 280 g/mol. The van der Waals surface area contributed by atoms with E-state index in [-0.39, 0.29) is 18.8 Å². The molecule has 2 aromatic heterocycles. The minimum atomic E-state index is -0.488. The Morgan fingerprint density at radius 2 is 2.37 bits per heavy atom. The zero-order valence-corrected chi connectivity index (χ0v) is 11.0. The Labute approximate surface area is 113 Å². The first-order valence-corrected chi connectivity index (χ1v) is 6.53. The zero-order valence-electron chi connectivity index (χ0n) is 10.2. The van der Waals surface area contributed by atoms with Gasteiger partial charge in [0.1, 0.15) is 6.54 Å². The third kappa shape index (κ3) is 3.41. The number of esters is 1. The highest BCUT2D eigenvalue weighted by molar-refractivity contribution is 7.13. The molecule has 0 aliphatic heterocycles. The fourth-order valence-corrected chi connectivity index (χ4v) is 2.05. The van der Waals surface area contributed by atoms with Gasteiger partial charge in [-0.3, -0.25) is 9.59 Å². The van der Waals surface area contributed by atoms with Crippen molar-refractivity contribution >= 4 is 23.2 Å². The molecule has 2 rings (SSSR count). The van der Waals surface area contributed by atoms with Crippen molar-refractivity contribution in [2.45, 2.75) is 6.92 Å². The van der Waals surface area contributed by atoms with Crippen molar-refractivity contribution in [1.82, 2.24) is 10.5 Å². The van der Waals surface area contributed by atoms with Crippen molar-refractivity contribution in [3.05, 3.63) is 29.3 Å². The number of carbonyl (C=O) groups is 2. The fraction of sp³-hybridized carbons (Fsp3) is 0.250. The van der Waals surface area contributed by atoms with Gasteiger partial charge in [0.25, 0.3) is 5.91 Å². The van der Waals surface area contributed by atoms with Gasteiger partial charge >= 0.3 is 5.97 Å². The summed E-state index contributed by atoms with van der Waals surface area (Å²) in [5.41, 5.74) is 0.132. The molecule has 1 N–H and O–H groups in total. The molecule has 0 saturated heterocycles. The predicted octanol–water partition coefficient (Wildman–Crippen LogP) is 1.70. The maximum atomic E-state index is 11.7. The Bertz CT molecular complexity index is 562. The van der Waals surface area contributed by atoms with Gasteiger partial charge in [-0.05, 0) is 18.4 Å². The van der Waals surface area contributed by atoms with Crippen LogP contribution in [0, 0.1) is 0 Å². The quantitative estimate of drug-likeness (QED) is 0.843. The largest absolute Gasteiger partial charge is 0.465 e. The first kappa shape index (κ1) is 13.3. The summed E-state index contributed by atoms with van der Waals surface area (Å²) in [6.45, 7) is 1.79. The zero-order chi connectivity index (χ0) is 13.7. The van der Waals surface area contributed by atoms with Gasteiger partial charge in [0, 0.05) is 6.07 Å². The Hall–Kier alpha value is -2.15. The minimum Gasteiger partial charge on any atom is -0.465 e. The Morgan fingerprint density at radius 1 is 1.53 bits per heavy atom. The van der Waals surface area contributed by atoms with E-state index >= 15 is 0 Å². The van der Waals surface area contributed by atoms with Gasteiger partial charge in [-0.15, -0.1) is 11.3 Å². The van der Waals surface area contributed by atoms with Crippen LogP contribution in [0.4, 0.5) is 0 Å². The standard InChI is InChI=1S/C12H12N2O4S/c1-2-17-11(15)7-13-12(16)8-6-9(18-14-8)10-4-3-5-19-10/h3-6H,2,7H2,1H3,(H,13,16). The van der Waals surface area contributed by atoms with Crippen LogP contribution < -0.4 is 5.32 Å². The lowest BCUT2D eigenvalue weighted by Gasteiger charge is -2.01. The number of aromatic nitrogens is 1. The second kappa shape index (κ2) is 6.14. The number of carbonyl (C=O) groups excluding carboxylic acids is 2. The smallest absolute Gasteiger partial charge is 0.325 e. The minimum absolute atomic E-state index is 0.132. The first-order valence-electron chi connectivity index (χ1n) is 5.65. The van der Waals surface area contributed by atoms with Crippen LogP contribution in [0.5, 0.6) is 0 Å². The number of amides is 1. The number of thiophene rings is 1. The summed E-state index contributed by atoms with van der Waals surface area (Å²) >= 11 is 1.49. The third-order valence-electron chi connectivity index (χ3n) is 2.21. The highest BCUT2D eigenvalue weighted by Gasteiger charge is 2.15. The second-order valence-electron chi connectivity index (χ2n) is 3.54. The molecule has 0 aromatic carbocycles. The highest BCUT2D eigenvalue weighted by Crippen LogP contribution is 2.24. The van der Waals surface area contributed by atoms with Gasteiger partial charge in [-0.25, -0.2) is 0 Å². The summed E-state index contributed by atoms with van der Waals surface area (Å²) in [6, 6.07) is 5.28. The number of nitrogens with one attached hydrogen (secondary N) is 1. The molecule has 7 heteroatoms. The summed E-state index contributed by atoms with van der Waals surface area (Å²) in [5, 5.41) is 7.97. The van der Waals surface area contributed by atoms with Crippen LogP contribution in [0.25, 0.3) is 10.6 Å². The fourth-order valence-electron chi connectivity index (χ4n) is 1.37. The molecule has 0 unspecified atom stereocenters. The summed E-state index contributed by atoms with van der Waals surface area (Å²) in [7, 11) is 0. The lowest BCUT2D eigenvalue weighted by molar-refractivity contribution is -0.141. The molecule has 0 atom stereocenters. The molecular weight excluding hydrogens is 268 g/mol. The van der Waals surface area contributed by atoms with Gasteiger partial charge in [0.05, 0.1) is 11.5 Å².